The van der Waals surface area contributed by atoms with Crippen LogP contribution in [-0.2, 0) is 4.79 Å². The van der Waals surface area contributed by atoms with Gasteiger partial charge in [-0.1, -0.05) is 13.3 Å². The number of non-ortho nitro benzene ring substituents is 1. The predicted molar refractivity (Wildman–Crippen MR) is 75.7 cm³/mol. The van der Waals surface area contributed by atoms with Crippen molar-refractivity contribution in [1.82, 2.24) is 4.90 Å². The number of ether oxygens (including phenoxy) is 1. The molecule has 0 saturated carbocycles. The number of benzene rings is 1. The molecule has 6 heteroatoms. The molecule has 0 amide bonds. The van der Waals surface area contributed by atoms with Gasteiger partial charge in [0.1, 0.15) is 5.75 Å². The quantitative estimate of drug-likeness (QED) is 0.332. The molecule has 0 aliphatic rings. The molecule has 6 nitrogen and oxygen atoms in total. The number of nitro groups is 1. The van der Waals surface area contributed by atoms with Gasteiger partial charge in [-0.2, -0.15) is 0 Å². The number of nitro benzene ring substituents is 1. The van der Waals surface area contributed by atoms with Crippen LogP contribution in [0.15, 0.2) is 24.3 Å². The maximum absolute atomic E-state index is 11.8. The van der Waals surface area contributed by atoms with Crippen LogP contribution in [0.25, 0.3) is 0 Å². The van der Waals surface area contributed by atoms with E-state index in [9.17, 15) is 14.9 Å². The first-order valence-electron chi connectivity index (χ1n) is 6.52. The minimum absolute atomic E-state index is 0.0242. The van der Waals surface area contributed by atoms with E-state index < -0.39 is 4.92 Å². The summed E-state index contributed by atoms with van der Waals surface area (Å²) >= 11 is 0. The molecule has 1 aromatic carbocycles. The van der Waals surface area contributed by atoms with E-state index in [1.807, 2.05) is 25.9 Å². The van der Waals surface area contributed by atoms with Crippen molar-refractivity contribution in [3.05, 3.63) is 34.4 Å². The molecule has 0 saturated heterocycles. The second-order valence-corrected chi connectivity index (χ2v) is 4.97. The summed E-state index contributed by atoms with van der Waals surface area (Å²) < 4.78 is 5.18. The van der Waals surface area contributed by atoms with Gasteiger partial charge in [0, 0.05) is 25.1 Å². The van der Waals surface area contributed by atoms with Crippen LogP contribution in [0.3, 0.4) is 0 Å². The number of esters is 1. The third-order valence-corrected chi connectivity index (χ3v) is 2.94. The highest BCUT2D eigenvalue weighted by Gasteiger charge is 2.15. The fourth-order valence-corrected chi connectivity index (χ4v) is 1.90. The molecule has 1 rings (SSSR count). The lowest BCUT2D eigenvalue weighted by molar-refractivity contribution is -0.384. The first kappa shape index (κ1) is 16.1. The highest BCUT2D eigenvalue weighted by Crippen LogP contribution is 2.19. The number of hydrogen-bond acceptors (Lipinski definition) is 5. The van der Waals surface area contributed by atoms with Crippen LogP contribution in [0.2, 0.25) is 0 Å². The monoisotopic (exact) mass is 280 g/mol. The topological polar surface area (TPSA) is 72.7 Å². The number of nitrogens with zero attached hydrogens (tertiary/aromatic N) is 2. The van der Waals surface area contributed by atoms with Crippen LogP contribution in [0.5, 0.6) is 5.75 Å². The third kappa shape index (κ3) is 5.36. The summed E-state index contributed by atoms with van der Waals surface area (Å²) in [6, 6.07) is 5.51. The zero-order valence-electron chi connectivity index (χ0n) is 12.0. The van der Waals surface area contributed by atoms with E-state index in [4.69, 9.17) is 4.74 Å². The Morgan fingerprint density at radius 2 is 1.95 bits per heavy atom. The van der Waals surface area contributed by atoms with Gasteiger partial charge in [-0.25, -0.2) is 0 Å². The van der Waals surface area contributed by atoms with Crippen LogP contribution >= 0.6 is 0 Å². The molecule has 0 fully saturated rings. The maximum Gasteiger partial charge on any atom is 0.311 e. The Hall–Kier alpha value is -1.95. The second kappa shape index (κ2) is 7.59. The van der Waals surface area contributed by atoms with Gasteiger partial charge >= 0.3 is 5.97 Å². The van der Waals surface area contributed by atoms with E-state index in [1.54, 1.807) is 0 Å². The zero-order chi connectivity index (χ0) is 15.1. The number of rotatable bonds is 7. The smallest absolute Gasteiger partial charge is 0.311 e. The van der Waals surface area contributed by atoms with Crippen molar-refractivity contribution in [3.63, 3.8) is 0 Å². The Balaban J connectivity index is 2.55. The van der Waals surface area contributed by atoms with Crippen molar-refractivity contribution in [2.45, 2.75) is 19.8 Å². The van der Waals surface area contributed by atoms with Crippen LogP contribution in [0.4, 0.5) is 5.69 Å². The van der Waals surface area contributed by atoms with E-state index in [0.29, 0.717) is 12.2 Å². The van der Waals surface area contributed by atoms with Gasteiger partial charge in [-0.05, 0) is 32.1 Å². The highest BCUT2D eigenvalue weighted by molar-refractivity contribution is 5.72. The number of carbonyl (C=O) groups excluding carboxylic acids is 1. The molecule has 0 N–H and O–H groups in total. The minimum atomic E-state index is -0.490. The van der Waals surface area contributed by atoms with Gasteiger partial charge in [0.2, 0.25) is 0 Å². The van der Waals surface area contributed by atoms with E-state index in [-0.39, 0.29) is 17.6 Å². The van der Waals surface area contributed by atoms with Gasteiger partial charge in [0.05, 0.1) is 4.92 Å². The molecule has 0 aromatic heterocycles. The summed E-state index contributed by atoms with van der Waals surface area (Å²) in [5, 5.41) is 10.5. The van der Waals surface area contributed by atoms with Crippen molar-refractivity contribution in [3.8, 4) is 5.75 Å². The average Bonchev–Trinajstić information content (AvgIpc) is 2.37. The van der Waals surface area contributed by atoms with Crippen molar-refractivity contribution < 1.29 is 14.5 Å². The van der Waals surface area contributed by atoms with Crippen LogP contribution < -0.4 is 4.74 Å². The van der Waals surface area contributed by atoms with Gasteiger partial charge < -0.3 is 9.64 Å². The fourth-order valence-electron chi connectivity index (χ4n) is 1.90. The van der Waals surface area contributed by atoms with E-state index in [0.717, 1.165) is 13.0 Å². The first-order valence-corrected chi connectivity index (χ1v) is 6.52. The first-order chi connectivity index (χ1) is 9.42. The van der Waals surface area contributed by atoms with Gasteiger partial charge in [0.25, 0.3) is 5.69 Å². The molecule has 1 atom stereocenters. The largest absolute Gasteiger partial charge is 0.427 e. The number of carbonyl (C=O) groups is 1. The number of hydrogen-bond donors (Lipinski definition) is 0. The maximum atomic E-state index is 11.8. The lowest BCUT2D eigenvalue weighted by Gasteiger charge is -2.18. The van der Waals surface area contributed by atoms with Gasteiger partial charge in [-0.15, -0.1) is 0 Å². The van der Waals surface area contributed by atoms with Crippen LogP contribution in [0.1, 0.15) is 19.8 Å². The summed E-state index contributed by atoms with van der Waals surface area (Å²) in [6.45, 7) is 2.86. The lowest BCUT2D eigenvalue weighted by atomic mass is 10.0. The van der Waals surface area contributed by atoms with E-state index in [2.05, 4.69) is 0 Å². The Kier molecular flexibility index (Phi) is 6.11. The molecule has 0 bridgehead atoms. The second-order valence-electron chi connectivity index (χ2n) is 4.97. The van der Waals surface area contributed by atoms with Crippen molar-refractivity contribution >= 4 is 11.7 Å². The van der Waals surface area contributed by atoms with E-state index in [1.165, 1.54) is 24.3 Å². The summed E-state index contributed by atoms with van der Waals surface area (Å²) in [7, 11) is 3.93. The highest BCUT2D eigenvalue weighted by atomic mass is 16.6. The van der Waals surface area contributed by atoms with E-state index >= 15 is 0 Å². The summed E-state index contributed by atoms with van der Waals surface area (Å²) in [6.07, 6.45) is 1.24. The molecule has 20 heavy (non-hydrogen) atoms. The van der Waals surface area contributed by atoms with Crippen molar-refractivity contribution in [1.29, 1.82) is 0 Å². The normalized spacial score (nSPS) is 12.2. The van der Waals surface area contributed by atoms with Crippen molar-refractivity contribution in [2.75, 3.05) is 20.6 Å². The molecule has 1 aromatic rings. The predicted octanol–water partition coefficient (Wildman–Crippen LogP) is 2.48. The molecular formula is C14H20N2O4. The third-order valence-electron chi connectivity index (χ3n) is 2.94. The summed E-state index contributed by atoms with van der Waals surface area (Å²) in [5.74, 6) is 0.267. The SMILES string of the molecule is CC[C@H](CC(=O)Oc1ccc([N+](=O)[O-])cc1)CN(C)C. The molecule has 0 radical (unpaired) electrons. The molecular weight excluding hydrogens is 260 g/mol. The summed E-state index contributed by atoms with van der Waals surface area (Å²) in [4.78, 5) is 23.9. The molecule has 0 heterocycles. The Bertz CT molecular complexity index is 457. The molecule has 110 valence electrons. The Morgan fingerprint density at radius 1 is 1.35 bits per heavy atom. The Labute approximate surface area is 118 Å². The average molecular weight is 280 g/mol. The molecule has 0 spiro atoms. The zero-order valence-corrected chi connectivity index (χ0v) is 12.0. The molecule has 0 unspecified atom stereocenters. The minimum Gasteiger partial charge on any atom is -0.427 e. The molecule has 0 aliphatic carbocycles. The fraction of sp³-hybridized carbons (Fsp3) is 0.500. The van der Waals surface area contributed by atoms with Crippen LogP contribution in [0, 0.1) is 16.0 Å². The lowest BCUT2D eigenvalue weighted by Crippen LogP contribution is -2.24. The standard InChI is InChI=1S/C14H20N2O4/c1-4-11(10-15(2)3)9-14(17)20-13-7-5-12(6-8-13)16(18)19/h5-8,11H,4,9-10H2,1-3H3/t11-/m1/s1. The van der Waals surface area contributed by atoms with Gasteiger partial charge in [0.15, 0.2) is 0 Å². The summed E-state index contributed by atoms with van der Waals surface area (Å²) in [5.41, 5.74) is -0.0242. The molecule has 0 aliphatic heterocycles. The Morgan fingerprint density at radius 3 is 2.40 bits per heavy atom. The van der Waals surface area contributed by atoms with Crippen molar-refractivity contribution in [2.24, 2.45) is 5.92 Å². The van der Waals surface area contributed by atoms with Crippen LogP contribution in [-0.4, -0.2) is 36.4 Å². The van der Waals surface area contributed by atoms with Gasteiger partial charge in [-0.3, -0.25) is 14.9 Å².